The maximum Gasteiger partial charge on any atom is 0.362 e. The molecular weight excluding hydrogens is 386 g/mol. The Morgan fingerprint density at radius 1 is 1.07 bits per heavy atom. The molecule has 4 rings (SSSR count). The van der Waals surface area contributed by atoms with Crippen LogP contribution in [0.5, 0.6) is 11.5 Å². The minimum atomic E-state index is -0.577. The average Bonchev–Trinajstić information content (AvgIpc) is 3.44. The topological polar surface area (TPSA) is 77.1 Å². The molecule has 0 bridgehead atoms. The maximum atomic E-state index is 13.0. The summed E-state index contributed by atoms with van der Waals surface area (Å²) in [5, 5.41) is 15.6. The van der Waals surface area contributed by atoms with Gasteiger partial charge < -0.3 is 9.47 Å². The van der Waals surface area contributed by atoms with E-state index in [0.717, 1.165) is 10.6 Å². The zero-order valence-electron chi connectivity index (χ0n) is 15.4. The van der Waals surface area contributed by atoms with Crippen LogP contribution < -0.4 is 9.47 Å². The molecule has 0 unspecified atom stereocenters. The van der Waals surface area contributed by atoms with E-state index >= 15 is 0 Å². The number of hydrogen-bond donors (Lipinski definition) is 0. The van der Waals surface area contributed by atoms with Crippen molar-refractivity contribution in [3.05, 3.63) is 83.4 Å². The van der Waals surface area contributed by atoms with E-state index in [1.54, 1.807) is 34.2 Å². The van der Waals surface area contributed by atoms with Crippen molar-refractivity contribution >= 4 is 17.3 Å². The summed E-state index contributed by atoms with van der Waals surface area (Å²) >= 11 is 1.54. The lowest BCUT2D eigenvalue weighted by Gasteiger charge is -2.10. The standard InChI is InChI=1S/C22H15N3O3S/c1-27-20-12-15(14-23)9-10-19(20)28-22(26)18-13-17(21-8-5-11-29-21)24-25(18)16-6-3-2-4-7-16/h2-13H,1H3. The number of ether oxygens (including phenoxy) is 2. The number of carbonyl (C=O) groups is 1. The van der Waals surface area contributed by atoms with Gasteiger partial charge in [-0.2, -0.15) is 10.4 Å². The van der Waals surface area contributed by atoms with Crippen molar-refractivity contribution in [3.8, 4) is 33.8 Å². The summed E-state index contributed by atoms with van der Waals surface area (Å²) in [5.41, 5.74) is 2.12. The third kappa shape index (κ3) is 3.74. The van der Waals surface area contributed by atoms with Crippen molar-refractivity contribution in [1.29, 1.82) is 5.26 Å². The molecule has 0 fully saturated rings. The highest BCUT2D eigenvalue weighted by molar-refractivity contribution is 7.13. The van der Waals surface area contributed by atoms with Gasteiger partial charge in [-0.25, -0.2) is 9.48 Å². The number of aromatic nitrogens is 2. The number of rotatable bonds is 5. The zero-order valence-corrected chi connectivity index (χ0v) is 16.2. The molecule has 0 amide bonds. The first-order chi connectivity index (χ1) is 14.2. The van der Waals surface area contributed by atoms with Crippen LogP contribution in [0.3, 0.4) is 0 Å². The first kappa shape index (κ1) is 18.5. The largest absolute Gasteiger partial charge is 0.493 e. The van der Waals surface area contributed by atoms with Gasteiger partial charge in [0.15, 0.2) is 17.2 Å². The molecule has 2 aromatic carbocycles. The lowest BCUT2D eigenvalue weighted by Crippen LogP contribution is -2.15. The van der Waals surface area contributed by atoms with E-state index in [9.17, 15) is 4.79 Å². The second kappa shape index (κ2) is 8.00. The molecule has 0 aliphatic heterocycles. The van der Waals surface area contributed by atoms with Gasteiger partial charge in [-0.3, -0.25) is 0 Å². The van der Waals surface area contributed by atoms with Crippen LogP contribution >= 0.6 is 11.3 Å². The number of hydrogen-bond acceptors (Lipinski definition) is 6. The number of thiophene rings is 1. The third-order valence-corrected chi connectivity index (χ3v) is 5.08. The monoisotopic (exact) mass is 401 g/mol. The Kier molecular flexibility index (Phi) is 5.10. The zero-order chi connectivity index (χ0) is 20.2. The second-order valence-corrected chi connectivity index (χ2v) is 6.95. The summed E-state index contributed by atoms with van der Waals surface area (Å²) in [6.45, 7) is 0. The average molecular weight is 401 g/mol. The van der Waals surface area contributed by atoms with E-state index in [-0.39, 0.29) is 11.4 Å². The summed E-state index contributed by atoms with van der Waals surface area (Å²) in [7, 11) is 1.46. The van der Waals surface area contributed by atoms with Crippen molar-refractivity contribution < 1.29 is 14.3 Å². The normalized spacial score (nSPS) is 10.3. The highest BCUT2D eigenvalue weighted by Gasteiger charge is 2.21. The molecule has 6 nitrogen and oxygen atoms in total. The highest BCUT2D eigenvalue weighted by Crippen LogP contribution is 2.30. The molecule has 2 heterocycles. The number of para-hydroxylation sites is 1. The van der Waals surface area contributed by atoms with Gasteiger partial charge in [-0.1, -0.05) is 24.3 Å². The minimum absolute atomic E-state index is 0.231. The van der Waals surface area contributed by atoms with Gasteiger partial charge in [0.1, 0.15) is 5.69 Å². The Balaban J connectivity index is 1.74. The van der Waals surface area contributed by atoms with E-state index in [1.165, 1.54) is 13.2 Å². The summed E-state index contributed by atoms with van der Waals surface area (Å²) in [5.74, 6) is -0.0381. The molecule has 0 saturated heterocycles. The van der Waals surface area contributed by atoms with Crippen LogP contribution in [0.15, 0.2) is 72.1 Å². The van der Waals surface area contributed by atoms with Gasteiger partial charge in [0.2, 0.25) is 0 Å². The van der Waals surface area contributed by atoms with Gasteiger partial charge >= 0.3 is 5.97 Å². The molecule has 0 N–H and O–H groups in total. The smallest absolute Gasteiger partial charge is 0.362 e. The van der Waals surface area contributed by atoms with Gasteiger partial charge in [0.05, 0.1) is 29.3 Å². The first-order valence-corrected chi connectivity index (χ1v) is 9.57. The summed E-state index contributed by atoms with van der Waals surface area (Å²) in [6, 6.07) is 21.6. The Morgan fingerprint density at radius 3 is 2.59 bits per heavy atom. The fourth-order valence-electron chi connectivity index (χ4n) is 2.81. The van der Waals surface area contributed by atoms with Crippen LogP contribution in [-0.4, -0.2) is 22.9 Å². The number of methoxy groups -OCH3 is 1. The van der Waals surface area contributed by atoms with Crippen molar-refractivity contribution in [2.24, 2.45) is 0 Å². The van der Waals surface area contributed by atoms with Crippen molar-refractivity contribution in [3.63, 3.8) is 0 Å². The van der Waals surface area contributed by atoms with E-state index in [1.807, 2.05) is 53.9 Å². The quantitative estimate of drug-likeness (QED) is 0.358. The van der Waals surface area contributed by atoms with Crippen LogP contribution in [0, 0.1) is 11.3 Å². The maximum absolute atomic E-state index is 13.0. The molecule has 142 valence electrons. The van der Waals surface area contributed by atoms with Gasteiger partial charge in [-0.05, 0) is 35.7 Å². The Hall–Kier alpha value is -3.89. The van der Waals surface area contributed by atoms with Gasteiger partial charge in [-0.15, -0.1) is 11.3 Å². The molecular formula is C22H15N3O3S. The number of nitrogens with zero attached hydrogens (tertiary/aromatic N) is 3. The fraction of sp³-hybridized carbons (Fsp3) is 0.0455. The number of nitriles is 1. The van der Waals surface area contributed by atoms with Crippen LogP contribution in [0.4, 0.5) is 0 Å². The Bertz CT molecular complexity index is 1190. The number of benzene rings is 2. The highest BCUT2D eigenvalue weighted by atomic mass is 32.1. The van der Waals surface area contributed by atoms with Gasteiger partial charge in [0.25, 0.3) is 0 Å². The van der Waals surface area contributed by atoms with E-state index in [0.29, 0.717) is 17.0 Å². The number of esters is 1. The molecule has 0 spiro atoms. The van der Waals surface area contributed by atoms with Crippen LogP contribution in [0.2, 0.25) is 0 Å². The molecule has 0 atom stereocenters. The molecule has 0 saturated carbocycles. The predicted molar refractivity (Wildman–Crippen MR) is 110 cm³/mol. The minimum Gasteiger partial charge on any atom is -0.493 e. The molecule has 0 aliphatic carbocycles. The third-order valence-electron chi connectivity index (χ3n) is 4.19. The van der Waals surface area contributed by atoms with Crippen molar-refractivity contribution in [2.75, 3.05) is 7.11 Å². The van der Waals surface area contributed by atoms with E-state index < -0.39 is 5.97 Å². The SMILES string of the molecule is COc1cc(C#N)ccc1OC(=O)c1cc(-c2cccs2)nn1-c1ccccc1. The fourth-order valence-corrected chi connectivity index (χ4v) is 3.49. The van der Waals surface area contributed by atoms with E-state index in [2.05, 4.69) is 5.10 Å². The predicted octanol–water partition coefficient (Wildman–Crippen LogP) is 4.70. The number of carbonyl (C=O) groups excluding carboxylic acids is 1. The molecule has 0 aliphatic rings. The summed E-state index contributed by atoms with van der Waals surface area (Å²) < 4.78 is 12.4. The molecule has 4 aromatic rings. The van der Waals surface area contributed by atoms with Crippen LogP contribution in [0.1, 0.15) is 16.1 Å². The summed E-state index contributed by atoms with van der Waals surface area (Å²) in [4.78, 5) is 14.0. The van der Waals surface area contributed by atoms with Crippen molar-refractivity contribution in [2.45, 2.75) is 0 Å². The lowest BCUT2D eigenvalue weighted by molar-refractivity contribution is 0.0720. The van der Waals surface area contributed by atoms with E-state index in [4.69, 9.17) is 14.7 Å². The van der Waals surface area contributed by atoms with Crippen LogP contribution in [0.25, 0.3) is 16.3 Å². The van der Waals surface area contributed by atoms with Gasteiger partial charge in [0, 0.05) is 12.1 Å². The molecule has 29 heavy (non-hydrogen) atoms. The van der Waals surface area contributed by atoms with Crippen LogP contribution in [-0.2, 0) is 0 Å². The molecule has 0 radical (unpaired) electrons. The lowest BCUT2D eigenvalue weighted by atomic mass is 10.2. The first-order valence-electron chi connectivity index (χ1n) is 8.69. The Morgan fingerprint density at radius 2 is 1.90 bits per heavy atom. The second-order valence-electron chi connectivity index (χ2n) is 6.01. The summed E-state index contributed by atoms with van der Waals surface area (Å²) in [6.07, 6.45) is 0. The Labute approximate surface area is 171 Å². The van der Waals surface area contributed by atoms with Crippen molar-refractivity contribution in [1.82, 2.24) is 9.78 Å². The molecule has 7 heteroatoms. The molecule has 2 aromatic heterocycles.